The largest absolute Gasteiger partial charge is 0.489 e. The quantitative estimate of drug-likeness (QED) is 0.865. The highest BCUT2D eigenvalue weighted by Crippen LogP contribution is 2.27. The van der Waals surface area contributed by atoms with Crippen molar-refractivity contribution in [1.82, 2.24) is 5.32 Å². The van der Waals surface area contributed by atoms with Gasteiger partial charge in [0.25, 0.3) is 0 Å². The molecule has 3 rings (SSSR count). The van der Waals surface area contributed by atoms with Gasteiger partial charge in [-0.3, -0.25) is 0 Å². The summed E-state index contributed by atoms with van der Waals surface area (Å²) in [5.74, 6) is 1.57. The van der Waals surface area contributed by atoms with Crippen molar-refractivity contribution in [3.8, 4) is 5.75 Å². The van der Waals surface area contributed by atoms with Gasteiger partial charge in [0.2, 0.25) is 0 Å². The smallest absolute Gasteiger partial charge is 0.119 e. The maximum absolute atomic E-state index is 5.90. The Morgan fingerprint density at radius 1 is 1.18 bits per heavy atom. The van der Waals surface area contributed by atoms with Gasteiger partial charge >= 0.3 is 0 Å². The van der Waals surface area contributed by atoms with Crippen molar-refractivity contribution in [2.45, 2.75) is 24.9 Å². The molecule has 0 amide bonds. The molecule has 3 heteroatoms. The summed E-state index contributed by atoms with van der Waals surface area (Å²) in [6, 6.07) is 8.53. The summed E-state index contributed by atoms with van der Waals surface area (Å²) in [7, 11) is 0. The third kappa shape index (κ3) is 2.61. The van der Waals surface area contributed by atoms with Crippen LogP contribution in [0.3, 0.4) is 0 Å². The van der Waals surface area contributed by atoms with E-state index in [0.29, 0.717) is 12.0 Å². The van der Waals surface area contributed by atoms with E-state index in [1.807, 2.05) is 0 Å². The third-order valence-corrected chi connectivity index (χ3v) is 3.60. The van der Waals surface area contributed by atoms with Crippen molar-refractivity contribution in [2.75, 3.05) is 26.3 Å². The Labute approximate surface area is 102 Å². The predicted molar refractivity (Wildman–Crippen MR) is 66.5 cm³/mol. The van der Waals surface area contributed by atoms with E-state index in [-0.39, 0.29) is 0 Å². The van der Waals surface area contributed by atoms with Crippen LogP contribution in [0, 0.1) is 0 Å². The zero-order chi connectivity index (χ0) is 11.5. The SMILES string of the molecule is c1cc(C2CCOC2)ccc1OC1CCNC1. The number of rotatable bonds is 3. The molecule has 0 bridgehead atoms. The molecule has 1 aromatic carbocycles. The third-order valence-electron chi connectivity index (χ3n) is 3.60. The molecule has 2 aliphatic rings. The van der Waals surface area contributed by atoms with Gasteiger partial charge in [0.1, 0.15) is 11.9 Å². The van der Waals surface area contributed by atoms with E-state index >= 15 is 0 Å². The minimum Gasteiger partial charge on any atom is -0.489 e. The van der Waals surface area contributed by atoms with Crippen LogP contribution >= 0.6 is 0 Å². The lowest BCUT2D eigenvalue weighted by Gasteiger charge is -2.14. The Bertz CT molecular complexity index is 351. The molecule has 3 nitrogen and oxygen atoms in total. The van der Waals surface area contributed by atoms with Crippen LogP contribution in [-0.4, -0.2) is 32.4 Å². The highest BCUT2D eigenvalue weighted by Gasteiger charge is 2.18. The first kappa shape index (κ1) is 11.1. The lowest BCUT2D eigenvalue weighted by Crippen LogP contribution is -2.19. The molecule has 2 fully saturated rings. The van der Waals surface area contributed by atoms with Gasteiger partial charge in [0.15, 0.2) is 0 Å². The first-order chi connectivity index (χ1) is 8.42. The van der Waals surface area contributed by atoms with Crippen LogP contribution in [0.2, 0.25) is 0 Å². The Morgan fingerprint density at radius 2 is 2.06 bits per heavy atom. The van der Waals surface area contributed by atoms with Crippen LogP contribution in [0.25, 0.3) is 0 Å². The summed E-state index contributed by atoms with van der Waals surface area (Å²) >= 11 is 0. The summed E-state index contributed by atoms with van der Waals surface area (Å²) in [6.45, 7) is 3.81. The summed E-state index contributed by atoms with van der Waals surface area (Å²) in [4.78, 5) is 0. The molecule has 0 aromatic heterocycles. The molecule has 2 heterocycles. The molecular weight excluding hydrogens is 214 g/mol. The van der Waals surface area contributed by atoms with Gasteiger partial charge in [0, 0.05) is 19.1 Å². The van der Waals surface area contributed by atoms with Crippen LogP contribution in [0.4, 0.5) is 0 Å². The normalized spacial score (nSPS) is 28.5. The van der Waals surface area contributed by atoms with Gasteiger partial charge in [-0.15, -0.1) is 0 Å². The second kappa shape index (κ2) is 5.07. The topological polar surface area (TPSA) is 30.5 Å². The molecule has 2 atom stereocenters. The number of ether oxygens (including phenoxy) is 2. The van der Waals surface area contributed by atoms with E-state index in [1.165, 1.54) is 5.56 Å². The maximum atomic E-state index is 5.90. The summed E-state index contributed by atoms with van der Waals surface area (Å²) in [5.41, 5.74) is 1.37. The minimum absolute atomic E-state index is 0.343. The number of hydrogen-bond acceptors (Lipinski definition) is 3. The van der Waals surface area contributed by atoms with Gasteiger partial charge in [-0.1, -0.05) is 12.1 Å². The minimum atomic E-state index is 0.343. The average molecular weight is 233 g/mol. The second-order valence-corrected chi connectivity index (χ2v) is 4.86. The van der Waals surface area contributed by atoms with Crippen LogP contribution in [0.15, 0.2) is 24.3 Å². The Balaban J connectivity index is 1.62. The lowest BCUT2D eigenvalue weighted by atomic mass is 9.99. The van der Waals surface area contributed by atoms with Crippen LogP contribution < -0.4 is 10.1 Å². The van der Waals surface area contributed by atoms with Crippen molar-refractivity contribution in [1.29, 1.82) is 0 Å². The zero-order valence-electron chi connectivity index (χ0n) is 10.0. The second-order valence-electron chi connectivity index (χ2n) is 4.86. The van der Waals surface area contributed by atoms with E-state index in [0.717, 1.165) is 44.9 Å². The van der Waals surface area contributed by atoms with Crippen molar-refractivity contribution < 1.29 is 9.47 Å². The van der Waals surface area contributed by atoms with E-state index in [4.69, 9.17) is 9.47 Å². The molecule has 1 aromatic rings. The van der Waals surface area contributed by atoms with Gasteiger partial charge in [-0.05, 0) is 37.1 Å². The molecule has 92 valence electrons. The predicted octanol–water partition coefficient (Wildman–Crippen LogP) is 1.93. The van der Waals surface area contributed by atoms with Crippen LogP contribution in [0.1, 0.15) is 24.3 Å². The Kier molecular flexibility index (Phi) is 3.29. The van der Waals surface area contributed by atoms with E-state index in [9.17, 15) is 0 Å². The van der Waals surface area contributed by atoms with Crippen molar-refractivity contribution >= 4 is 0 Å². The molecule has 17 heavy (non-hydrogen) atoms. The Hall–Kier alpha value is -1.06. The molecule has 0 radical (unpaired) electrons. The van der Waals surface area contributed by atoms with Crippen molar-refractivity contribution in [3.05, 3.63) is 29.8 Å². The van der Waals surface area contributed by atoms with E-state index < -0.39 is 0 Å². The molecule has 1 N–H and O–H groups in total. The molecule has 0 saturated carbocycles. The molecule has 2 aliphatic heterocycles. The highest BCUT2D eigenvalue weighted by molar-refractivity contribution is 5.30. The number of hydrogen-bond donors (Lipinski definition) is 1. The van der Waals surface area contributed by atoms with Crippen molar-refractivity contribution in [2.24, 2.45) is 0 Å². The van der Waals surface area contributed by atoms with Gasteiger partial charge < -0.3 is 14.8 Å². The fourth-order valence-electron chi connectivity index (χ4n) is 2.54. The monoisotopic (exact) mass is 233 g/mol. The first-order valence-corrected chi connectivity index (χ1v) is 6.47. The van der Waals surface area contributed by atoms with E-state index in [2.05, 4.69) is 29.6 Å². The van der Waals surface area contributed by atoms with Crippen LogP contribution in [0.5, 0.6) is 5.75 Å². The Morgan fingerprint density at radius 3 is 2.71 bits per heavy atom. The van der Waals surface area contributed by atoms with Gasteiger partial charge in [0.05, 0.1) is 6.61 Å². The summed E-state index contributed by atoms with van der Waals surface area (Å²) in [5, 5.41) is 3.31. The molecular formula is C14H19NO2. The fourth-order valence-corrected chi connectivity index (χ4v) is 2.54. The fraction of sp³-hybridized carbons (Fsp3) is 0.571. The first-order valence-electron chi connectivity index (χ1n) is 6.47. The molecule has 0 spiro atoms. The molecule has 0 aliphatic carbocycles. The summed E-state index contributed by atoms with van der Waals surface area (Å²) in [6.07, 6.45) is 2.60. The summed E-state index contributed by atoms with van der Waals surface area (Å²) < 4.78 is 11.3. The molecule has 2 saturated heterocycles. The number of nitrogens with one attached hydrogen (secondary N) is 1. The van der Waals surface area contributed by atoms with Gasteiger partial charge in [-0.2, -0.15) is 0 Å². The average Bonchev–Trinajstić information content (AvgIpc) is 3.01. The lowest BCUT2D eigenvalue weighted by molar-refractivity contribution is 0.194. The van der Waals surface area contributed by atoms with E-state index in [1.54, 1.807) is 0 Å². The number of benzene rings is 1. The molecule has 2 unspecified atom stereocenters. The van der Waals surface area contributed by atoms with Crippen LogP contribution in [-0.2, 0) is 4.74 Å². The van der Waals surface area contributed by atoms with Crippen molar-refractivity contribution in [3.63, 3.8) is 0 Å². The zero-order valence-corrected chi connectivity index (χ0v) is 10.0. The maximum Gasteiger partial charge on any atom is 0.119 e. The van der Waals surface area contributed by atoms with Gasteiger partial charge in [-0.25, -0.2) is 0 Å². The standard InChI is InChI=1S/C14H19NO2/c1-3-13(17-14-5-7-15-9-14)4-2-11(1)12-6-8-16-10-12/h1-4,12,14-15H,5-10H2. The highest BCUT2D eigenvalue weighted by atomic mass is 16.5.